The number of ether oxygens (including phenoxy) is 1. The van der Waals surface area contributed by atoms with Crippen LogP contribution >= 0.6 is 0 Å². The van der Waals surface area contributed by atoms with Crippen molar-refractivity contribution >= 4 is 11.8 Å². The molecule has 0 unspecified atom stereocenters. The topological polar surface area (TPSA) is 46.6 Å². The molecule has 0 aromatic carbocycles. The van der Waals surface area contributed by atoms with Gasteiger partial charge in [0.1, 0.15) is 0 Å². The number of amides is 2. The highest BCUT2D eigenvalue weighted by molar-refractivity contribution is 6.12. The molecule has 1 aliphatic carbocycles. The number of carbonyl (C=O) groups is 2. The maximum atomic E-state index is 11.3. The molecule has 4 nitrogen and oxygen atoms in total. The van der Waals surface area contributed by atoms with Crippen molar-refractivity contribution in [2.24, 2.45) is 0 Å². The fourth-order valence-corrected chi connectivity index (χ4v) is 2.40. The van der Waals surface area contributed by atoms with Gasteiger partial charge < -0.3 is 4.74 Å². The van der Waals surface area contributed by atoms with E-state index in [0.717, 1.165) is 32.1 Å². The summed E-state index contributed by atoms with van der Waals surface area (Å²) in [5.41, 5.74) is 1.25. The standard InChI is InChI=1S/C18H23NO3/c20-17-11-12-18(21)19(17)13-5-2-6-14-22-15-7-10-16-8-3-1-4-9-16/h3,7-12H,1-2,4-6,13-15H2. The van der Waals surface area contributed by atoms with Crippen LogP contribution in [0.1, 0.15) is 32.1 Å². The van der Waals surface area contributed by atoms with Crippen LogP contribution in [0.3, 0.4) is 0 Å². The van der Waals surface area contributed by atoms with Gasteiger partial charge >= 0.3 is 0 Å². The first-order chi connectivity index (χ1) is 10.8. The van der Waals surface area contributed by atoms with Crippen LogP contribution < -0.4 is 0 Å². The van der Waals surface area contributed by atoms with Gasteiger partial charge in [-0.1, -0.05) is 30.4 Å². The predicted molar refractivity (Wildman–Crippen MR) is 86.1 cm³/mol. The molecule has 0 radical (unpaired) electrons. The van der Waals surface area contributed by atoms with Crippen molar-refractivity contribution in [2.75, 3.05) is 19.8 Å². The molecule has 2 rings (SSSR count). The van der Waals surface area contributed by atoms with E-state index in [9.17, 15) is 9.59 Å². The Morgan fingerprint density at radius 3 is 2.59 bits per heavy atom. The molecule has 0 saturated carbocycles. The van der Waals surface area contributed by atoms with Gasteiger partial charge in [0.2, 0.25) is 0 Å². The lowest BCUT2D eigenvalue weighted by Crippen LogP contribution is -2.30. The number of carbonyl (C=O) groups excluding carboxylic acids is 2. The van der Waals surface area contributed by atoms with E-state index in [2.05, 4.69) is 24.3 Å². The Labute approximate surface area is 131 Å². The molecule has 0 saturated heterocycles. The third-order valence-electron chi connectivity index (χ3n) is 3.62. The molecule has 2 aliphatic rings. The van der Waals surface area contributed by atoms with Gasteiger partial charge in [-0.15, -0.1) is 0 Å². The van der Waals surface area contributed by atoms with Gasteiger partial charge in [-0.25, -0.2) is 0 Å². The van der Waals surface area contributed by atoms with E-state index in [-0.39, 0.29) is 11.8 Å². The lowest BCUT2D eigenvalue weighted by Gasteiger charge is -2.12. The summed E-state index contributed by atoms with van der Waals surface area (Å²) in [5, 5.41) is 0. The molecule has 0 aromatic heterocycles. The van der Waals surface area contributed by atoms with E-state index < -0.39 is 0 Å². The molecular formula is C18H23NO3. The molecule has 0 aromatic rings. The van der Waals surface area contributed by atoms with Crippen LogP contribution in [0.25, 0.3) is 0 Å². The summed E-state index contributed by atoms with van der Waals surface area (Å²) in [6.45, 7) is 1.84. The van der Waals surface area contributed by atoms with Crippen LogP contribution in [-0.4, -0.2) is 36.5 Å². The number of imide groups is 1. The Balaban J connectivity index is 1.45. The molecule has 2 amide bonds. The second-order valence-electron chi connectivity index (χ2n) is 5.38. The zero-order valence-corrected chi connectivity index (χ0v) is 12.9. The molecule has 0 spiro atoms. The average Bonchev–Trinajstić information content (AvgIpc) is 2.86. The second-order valence-corrected chi connectivity index (χ2v) is 5.38. The quantitative estimate of drug-likeness (QED) is 0.486. The van der Waals surface area contributed by atoms with Gasteiger partial charge in [0.25, 0.3) is 11.8 Å². The average molecular weight is 301 g/mol. The second kappa shape index (κ2) is 9.15. The number of allylic oxidation sites excluding steroid dienone is 5. The van der Waals surface area contributed by atoms with Crippen LogP contribution in [0, 0.1) is 0 Å². The summed E-state index contributed by atoms with van der Waals surface area (Å²) in [7, 11) is 0. The van der Waals surface area contributed by atoms with Gasteiger partial charge in [0, 0.05) is 25.3 Å². The summed E-state index contributed by atoms with van der Waals surface area (Å²) in [6, 6.07) is 0. The monoisotopic (exact) mass is 301 g/mol. The summed E-state index contributed by atoms with van der Waals surface area (Å²) < 4.78 is 5.54. The van der Waals surface area contributed by atoms with Crippen LogP contribution in [0.4, 0.5) is 0 Å². The van der Waals surface area contributed by atoms with E-state index in [1.165, 1.54) is 22.6 Å². The number of nitrogens with zero attached hydrogens (tertiary/aromatic N) is 1. The minimum absolute atomic E-state index is 0.197. The number of unbranched alkanes of at least 4 members (excludes halogenated alkanes) is 2. The zero-order valence-electron chi connectivity index (χ0n) is 12.9. The first kappa shape index (κ1) is 16.4. The maximum Gasteiger partial charge on any atom is 0.253 e. The third-order valence-corrected chi connectivity index (χ3v) is 3.62. The van der Waals surface area contributed by atoms with Crippen molar-refractivity contribution in [3.8, 4) is 0 Å². The molecular weight excluding hydrogens is 278 g/mol. The number of hydrogen-bond acceptors (Lipinski definition) is 3. The highest BCUT2D eigenvalue weighted by atomic mass is 16.5. The Bertz CT molecular complexity index is 496. The molecule has 4 heteroatoms. The predicted octanol–water partition coefficient (Wildman–Crippen LogP) is 2.93. The Hall–Kier alpha value is -1.94. The third kappa shape index (κ3) is 5.45. The first-order valence-corrected chi connectivity index (χ1v) is 7.92. The summed E-state index contributed by atoms with van der Waals surface area (Å²) in [4.78, 5) is 23.9. The van der Waals surface area contributed by atoms with Gasteiger partial charge in [-0.05, 0) is 37.7 Å². The molecule has 1 aliphatic heterocycles. The van der Waals surface area contributed by atoms with E-state index in [4.69, 9.17) is 4.74 Å². The largest absolute Gasteiger partial charge is 0.377 e. The molecule has 0 bridgehead atoms. The summed E-state index contributed by atoms with van der Waals surface area (Å²) >= 11 is 0. The lowest BCUT2D eigenvalue weighted by molar-refractivity contribution is -0.136. The van der Waals surface area contributed by atoms with E-state index in [1.54, 1.807) is 0 Å². The minimum Gasteiger partial charge on any atom is -0.377 e. The normalized spacial score (nSPS) is 17.8. The fourth-order valence-electron chi connectivity index (χ4n) is 2.40. The molecule has 118 valence electrons. The molecule has 0 N–H and O–H groups in total. The van der Waals surface area contributed by atoms with Gasteiger partial charge in [-0.3, -0.25) is 14.5 Å². The highest BCUT2D eigenvalue weighted by Crippen LogP contribution is 2.10. The number of rotatable bonds is 9. The summed E-state index contributed by atoms with van der Waals surface area (Å²) in [6.07, 6.45) is 18.3. The fraction of sp³-hybridized carbons (Fsp3) is 0.444. The van der Waals surface area contributed by atoms with Crippen molar-refractivity contribution in [1.82, 2.24) is 4.90 Å². The summed E-state index contributed by atoms with van der Waals surface area (Å²) in [5.74, 6) is -0.394. The van der Waals surface area contributed by atoms with Crippen molar-refractivity contribution < 1.29 is 14.3 Å². The van der Waals surface area contributed by atoms with Crippen molar-refractivity contribution in [2.45, 2.75) is 32.1 Å². The Kier molecular flexibility index (Phi) is 6.84. The van der Waals surface area contributed by atoms with Gasteiger partial charge in [0.05, 0.1) is 6.61 Å². The smallest absolute Gasteiger partial charge is 0.253 e. The Morgan fingerprint density at radius 1 is 1.05 bits per heavy atom. The molecule has 0 atom stereocenters. The van der Waals surface area contributed by atoms with E-state index in [1.807, 2.05) is 6.08 Å². The lowest BCUT2D eigenvalue weighted by atomic mass is 10.1. The molecule has 0 fully saturated rings. The van der Waals surface area contributed by atoms with Crippen molar-refractivity contribution in [3.63, 3.8) is 0 Å². The minimum atomic E-state index is -0.197. The molecule has 22 heavy (non-hydrogen) atoms. The SMILES string of the molecule is O=C1C=CC(=O)N1CCCCCOCC=CC1=CCCC=C1. The van der Waals surface area contributed by atoms with E-state index in [0.29, 0.717) is 19.8 Å². The first-order valence-electron chi connectivity index (χ1n) is 7.92. The highest BCUT2D eigenvalue weighted by Gasteiger charge is 2.21. The molecule has 1 heterocycles. The van der Waals surface area contributed by atoms with E-state index >= 15 is 0 Å². The van der Waals surface area contributed by atoms with Crippen LogP contribution in [0.5, 0.6) is 0 Å². The van der Waals surface area contributed by atoms with Crippen molar-refractivity contribution in [3.05, 3.63) is 48.1 Å². The Morgan fingerprint density at radius 2 is 1.86 bits per heavy atom. The maximum absolute atomic E-state index is 11.3. The van der Waals surface area contributed by atoms with Gasteiger partial charge in [0.15, 0.2) is 0 Å². The van der Waals surface area contributed by atoms with Crippen LogP contribution in [0.2, 0.25) is 0 Å². The van der Waals surface area contributed by atoms with Crippen molar-refractivity contribution in [1.29, 1.82) is 0 Å². The van der Waals surface area contributed by atoms with Gasteiger partial charge in [-0.2, -0.15) is 0 Å². The number of hydrogen-bond donors (Lipinski definition) is 0. The zero-order chi connectivity index (χ0) is 15.6. The van der Waals surface area contributed by atoms with Crippen LogP contribution in [-0.2, 0) is 14.3 Å². The van der Waals surface area contributed by atoms with Crippen LogP contribution in [0.15, 0.2) is 48.1 Å².